The summed E-state index contributed by atoms with van der Waals surface area (Å²) >= 11 is 1.77. The topological polar surface area (TPSA) is 17.1 Å². The zero-order chi connectivity index (χ0) is 15.5. The Kier molecular flexibility index (Phi) is 3.57. The van der Waals surface area contributed by atoms with Crippen LogP contribution in [0.5, 0.6) is 0 Å². The molecule has 0 radical (unpaired) electrons. The normalized spacial score (nSPS) is 50.9. The van der Waals surface area contributed by atoms with Crippen molar-refractivity contribution in [2.75, 3.05) is 6.26 Å². The molecular weight excluding hydrogens is 288 g/mol. The van der Waals surface area contributed by atoms with Gasteiger partial charge in [-0.3, -0.25) is 4.79 Å². The molecule has 0 heterocycles. The number of hydrogen-bond acceptors (Lipinski definition) is 2. The Morgan fingerprint density at radius 3 is 2.73 bits per heavy atom. The quantitative estimate of drug-likeness (QED) is 0.657. The van der Waals surface area contributed by atoms with Crippen molar-refractivity contribution < 1.29 is 4.79 Å². The molecular formula is C20H30OS. The van der Waals surface area contributed by atoms with Crippen molar-refractivity contribution in [2.45, 2.75) is 70.5 Å². The molecule has 6 atom stereocenters. The maximum atomic E-state index is 12.3. The third-order valence-corrected chi connectivity index (χ3v) is 9.01. The molecule has 1 unspecified atom stereocenters. The third kappa shape index (κ3) is 2.01. The fraction of sp³-hybridized carbons (Fsp3) is 0.850. The lowest BCUT2D eigenvalue weighted by Crippen LogP contribution is -2.51. The summed E-state index contributed by atoms with van der Waals surface area (Å²) in [5, 5.41) is 0.212. The van der Waals surface area contributed by atoms with Crippen molar-refractivity contribution in [3.05, 3.63) is 11.6 Å². The van der Waals surface area contributed by atoms with Crippen LogP contribution in [-0.4, -0.2) is 17.3 Å². The van der Waals surface area contributed by atoms with Crippen molar-refractivity contribution in [1.82, 2.24) is 0 Å². The predicted octanol–water partition coefficient (Wildman–Crippen LogP) is 5.25. The molecule has 0 amide bonds. The maximum Gasteiger partial charge on any atom is 0.168 e. The van der Waals surface area contributed by atoms with Crippen molar-refractivity contribution in [1.29, 1.82) is 0 Å². The second kappa shape index (κ2) is 5.13. The Balaban J connectivity index is 1.69. The summed E-state index contributed by atoms with van der Waals surface area (Å²) in [6, 6.07) is 0. The summed E-state index contributed by atoms with van der Waals surface area (Å²) in [7, 11) is 0. The highest BCUT2D eigenvalue weighted by molar-refractivity contribution is 7.99. The van der Waals surface area contributed by atoms with Crippen LogP contribution in [-0.2, 0) is 4.79 Å². The molecule has 4 aliphatic rings. The number of hydrogen-bond donors (Lipinski definition) is 0. The van der Waals surface area contributed by atoms with Crippen LogP contribution in [0.3, 0.4) is 0 Å². The van der Waals surface area contributed by atoms with Crippen LogP contribution in [0.15, 0.2) is 11.6 Å². The van der Waals surface area contributed by atoms with Gasteiger partial charge in [0.1, 0.15) is 0 Å². The number of rotatable bonds is 1. The molecule has 3 saturated carbocycles. The van der Waals surface area contributed by atoms with Gasteiger partial charge in [0, 0.05) is 0 Å². The minimum absolute atomic E-state index is 0.212. The van der Waals surface area contributed by atoms with E-state index in [1.54, 1.807) is 11.8 Å². The average Bonchev–Trinajstić information content (AvgIpc) is 2.89. The highest BCUT2D eigenvalue weighted by Gasteiger charge is 2.57. The Hall–Kier alpha value is -0.240. The number of allylic oxidation sites excluding steroid dienone is 1. The summed E-state index contributed by atoms with van der Waals surface area (Å²) < 4.78 is 0. The molecule has 2 heteroatoms. The van der Waals surface area contributed by atoms with Gasteiger partial charge in [0.15, 0.2) is 5.78 Å². The lowest BCUT2D eigenvalue weighted by atomic mass is 9.47. The largest absolute Gasteiger partial charge is 0.294 e. The summed E-state index contributed by atoms with van der Waals surface area (Å²) in [5.41, 5.74) is 2.46. The zero-order valence-electron chi connectivity index (χ0n) is 14.4. The highest BCUT2D eigenvalue weighted by Crippen LogP contribution is 2.65. The van der Waals surface area contributed by atoms with E-state index in [-0.39, 0.29) is 5.25 Å². The van der Waals surface area contributed by atoms with Crippen molar-refractivity contribution in [3.63, 3.8) is 0 Å². The highest BCUT2D eigenvalue weighted by atomic mass is 32.2. The summed E-state index contributed by atoms with van der Waals surface area (Å²) in [5.74, 6) is 3.13. The van der Waals surface area contributed by atoms with E-state index in [0.29, 0.717) is 16.6 Å². The standard InChI is InChI=1S/C20H30OS/c1-19-9-4-5-15(19)14-7-6-13-11-17(21)18(22-3)12-20(13,2)16(14)8-10-19/h11,14-16,18H,4-10,12H2,1-3H3/t14-,15-,16-,18?,19-,20-/m0/s1. The van der Waals surface area contributed by atoms with Gasteiger partial charge in [0.2, 0.25) is 0 Å². The van der Waals surface area contributed by atoms with Gasteiger partial charge in [0.05, 0.1) is 5.25 Å². The van der Waals surface area contributed by atoms with Gasteiger partial charge >= 0.3 is 0 Å². The third-order valence-electron chi connectivity index (χ3n) is 8.05. The maximum absolute atomic E-state index is 12.3. The molecule has 0 aliphatic heterocycles. The molecule has 0 spiro atoms. The zero-order valence-corrected chi connectivity index (χ0v) is 15.2. The molecule has 4 aliphatic carbocycles. The van der Waals surface area contributed by atoms with E-state index in [4.69, 9.17) is 0 Å². The lowest BCUT2D eigenvalue weighted by molar-refractivity contribution is -0.116. The number of thioether (sulfide) groups is 1. The van der Waals surface area contributed by atoms with Crippen LogP contribution >= 0.6 is 11.8 Å². The van der Waals surface area contributed by atoms with Crippen LogP contribution in [0.1, 0.15) is 65.2 Å². The fourth-order valence-corrected chi connectivity index (χ4v) is 7.60. The first-order chi connectivity index (χ1) is 10.5. The van der Waals surface area contributed by atoms with E-state index >= 15 is 0 Å². The SMILES string of the molecule is CSC1C[C@@]2(C)C(=CC1=O)CC[C@H]1[C@@H]3CCC[C@@]3(C)CC[C@@H]12. The predicted molar refractivity (Wildman–Crippen MR) is 94.0 cm³/mol. The monoisotopic (exact) mass is 318 g/mol. The molecule has 0 N–H and O–H groups in total. The number of carbonyl (C=O) groups is 1. The first kappa shape index (κ1) is 15.3. The molecule has 1 nitrogen and oxygen atoms in total. The van der Waals surface area contributed by atoms with Crippen LogP contribution in [0, 0.1) is 28.6 Å². The van der Waals surface area contributed by atoms with Gasteiger partial charge < -0.3 is 0 Å². The van der Waals surface area contributed by atoms with Crippen LogP contribution in [0.25, 0.3) is 0 Å². The van der Waals surface area contributed by atoms with Gasteiger partial charge in [-0.05, 0) is 85.9 Å². The minimum atomic E-state index is 0.212. The molecule has 4 rings (SSSR count). The number of carbonyl (C=O) groups excluding carboxylic acids is 1. The molecule has 22 heavy (non-hydrogen) atoms. The number of fused-ring (bicyclic) bond motifs is 5. The van der Waals surface area contributed by atoms with Gasteiger partial charge in [-0.1, -0.05) is 25.8 Å². The van der Waals surface area contributed by atoms with E-state index in [0.717, 1.165) is 24.2 Å². The minimum Gasteiger partial charge on any atom is -0.294 e. The summed E-state index contributed by atoms with van der Waals surface area (Å²) in [6.45, 7) is 5.08. The van der Waals surface area contributed by atoms with Crippen LogP contribution < -0.4 is 0 Å². The molecule has 3 fully saturated rings. The molecule has 0 aromatic carbocycles. The smallest absolute Gasteiger partial charge is 0.168 e. The summed E-state index contributed by atoms with van der Waals surface area (Å²) in [6.07, 6.45) is 15.0. The Bertz CT molecular complexity index is 524. The molecule has 0 aromatic heterocycles. The van der Waals surface area contributed by atoms with E-state index in [2.05, 4.69) is 26.2 Å². The Labute approximate surface area is 139 Å². The van der Waals surface area contributed by atoms with Crippen molar-refractivity contribution in [3.8, 4) is 0 Å². The van der Waals surface area contributed by atoms with E-state index in [9.17, 15) is 4.79 Å². The van der Waals surface area contributed by atoms with E-state index in [1.807, 2.05) is 0 Å². The van der Waals surface area contributed by atoms with E-state index < -0.39 is 0 Å². The van der Waals surface area contributed by atoms with Gasteiger partial charge in [0.25, 0.3) is 0 Å². The van der Waals surface area contributed by atoms with Gasteiger partial charge in [-0.2, -0.15) is 11.8 Å². The Morgan fingerprint density at radius 2 is 1.95 bits per heavy atom. The molecule has 122 valence electrons. The molecule has 0 bridgehead atoms. The first-order valence-electron chi connectivity index (χ1n) is 9.26. The molecule has 0 aromatic rings. The first-order valence-corrected chi connectivity index (χ1v) is 10.5. The summed E-state index contributed by atoms with van der Waals surface area (Å²) in [4.78, 5) is 12.3. The lowest BCUT2D eigenvalue weighted by Gasteiger charge is -2.58. The van der Waals surface area contributed by atoms with Crippen LogP contribution in [0.4, 0.5) is 0 Å². The Morgan fingerprint density at radius 1 is 1.14 bits per heavy atom. The number of ketones is 1. The van der Waals surface area contributed by atoms with E-state index in [1.165, 1.54) is 50.5 Å². The van der Waals surface area contributed by atoms with Gasteiger partial charge in [-0.15, -0.1) is 0 Å². The fourth-order valence-electron chi connectivity index (χ4n) is 6.79. The van der Waals surface area contributed by atoms with Crippen molar-refractivity contribution >= 4 is 17.5 Å². The van der Waals surface area contributed by atoms with Crippen molar-refractivity contribution in [2.24, 2.45) is 28.6 Å². The second-order valence-electron chi connectivity index (χ2n) is 8.92. The van der Waals surface area contributed by atoms with Crippen LogP contribution in [0.2, 0.25) is 0 Å². The second-order valence-corrected chi connectivity index (χ2v) is 9.96. The molecule has 0 saturated heterocycles. The van der Waals surface area contributed by atoms with Gasteiger partial charge in [-0.25, -0.2) is 0 Å². The average molecular weight is 319 g/mol.